The Balaban J connectivity index is 1.65. The molecular formula is C24H29N3. The SMILES string of the molecule is CC(C)(C)NC1CCN(c2cc(-c3ccccc3)nc3ccccc23)CC1. The van der Waals surface area contributed by atoms with Crippen LogP contribution in [-0.4, -0.2) is 29.7 Å². The Morgan fingerprint density at radius 1 is 0.926 bits per heavy atom. The predicted molar refractivity (Wildman–Crippen MR) is 115 cm³/mol. The fourth-order valence-corrected chi connectivity index (χ4v) is 4.05. The summed E-state index contributed by atoms with van der Waals surface area (Å²) < 4.78 is 0. The van der Waals surface area contributed by atoms with Crippen LogP contribution in [0.15, 0.2) is 60.7 Å². The molecule has 1 aliphatic heterocycles. The van der Waals surface area contributed by atoms with Gasteiger partial charge in [-0.3, -0.25) is 0 Å². The zero-order valence-electron chi connectivity index (χ0n) is 16.6. The van der Waals surface area contributed by atoms with Crippen molar-refractivity contribution in [1.29, 1.82) is 0 Å². The maximum Gasteiger partial charge on any atom is 0.0730 e. The zero-order chi connectivity index (χ0) is 18.9. The van der Waals surface area contributed by atoms with Crippen molar-refractivity contribution in [3.8, 4) is 11.3 Å². The van der Waals surface area contributed by atoms with Crippen LogP contribution >= 0.6 is 0 Å². The van der Waals surface area contributed by atoms with Gasteiger partial charge >= 0.3 is 0 Å². The summed E-state index contributed by atoms with van der Waals surface area (Å²) in [6.45, 7) is 8.91. The van der Waals surface area contributed by atoms with E-state index < -0.39 is 0 Å². The molecule has 2 heterocycles. The number of nitrogens with one attached hydrogen (secondary N) is 1. The van der Waals surface area contributed by atoms with Gasteiger partial charge in [0.1, 0.15) is 0 Å². The number of hydrogen-bond donors (Lipinski definition) is 1. The smallest absolute Gasteiger partial charge is 0.0730 e. The molecule has 3 heteroatoms. The number of piperidine rings is 1. The lowest BCUT2D eigenvalue weighted by Crippen LogP contribution is -2.49. The van der Waals surface area contributed by atoms with Crippen LogP contribution in [0.3, 0.4) is 0 Å². The molecule has 0 atom stereocenters. The summed E-state index contributed by atoms with van der Waals surface area (Å²) in [6.07, 6.45) is 2.35. The van der Waals surface area contributed by atoms with E-state index in [1.807, 2.05) is 0 Å². The molecule has 0 unspecified atom stereocenters. The van der Waals surface area contributed by atoms with Crippen LogP contribution < -0.4 is 10.2 Å². The van der Waals surface area contributed by atoms with E-state index in [0.29, 0.717) is 6.04 Å². The predicted octanol–water partition coefficient (Wildman–Crippen LogP) is 5.26. The van der Waals surface area contributed by atoms with Crippen molar-refractivity contribution in [2.75, 3.05) is 18.0 Å². The van der Waals surface area contributed by atoms with Gasteiger partial charge in [-0.25, -0.2) is 4.98 Å². The highest BCUT2D eigenvalue weighted by Crippen LogP contribution is 2.32. The van der Waals surface area contributed by atoms with Gasteiger partial charge < -0.3 is 10.2 Å². The van der Waals surface area contributed by atoms with Crippen LogP contribution in [0.5, 0.6) is 0 Å². The molecule has 1 aliphatic rings. The highest BCUT2D eigenvalue weighted by atomic mass is 15.2. The third-order valence-electron chi connectivity index (χ3n) is 5.24. The van der Waals surface area contributed by atoms with Crippen LogP contribution in [0.4, 0.5) is 5.69 Å². The minimum atomic E-state index is 0.177. The summed E-state index contributed by atoms with van der Waals surface area (Å²) in [6, 6.07) is 21.9. The number of fused-ring (bicyclic) bond motifs is 1. The number of anilines is 1. The van der Waals surface area contributed by atoms with E-state index in [0.717, 1.165) is 24.3 Å². The summed E-state index contributed by atoms with van der Waals surface area (Å²) in [5.41, 5.74) is 4.79. The van der Waals surface area contributed by atoms with Gasteiger partial charge in [0, 0.05) is 41.3 Å². The van der Waals surface area contributed by atoms with E-state index in [-0.39, 0.29) is 5.54 Å². The van der Waals surface area contributed by atoms with Crippen LogP contribution in [0, 0.1) is 0 Å². The van der Waals surface area contributed by atoms with Gasteiger partial charge in [-0.15, -0.1) is 0 Å². The molecule has 0 bridgehead atoms. The Kier molecular flexibility index (Phi) is 4.88. The van der Waals surface area contributed by atoms with Gasteiger partial charge in [0.25, 0.3) is 0 Å². The summed E-state index contributed by atoms with van der Waals surface area (Å²) >= 11 is 0. The van der Waals surface area contributed by atoms with Gasteiger partial charge in [0.15, 0.2) is 0 Å². The number of aromatic nitrogens is 1. The highest BCUT2D eigenvalue weighted by Gasteiger charge is 2.24. The third-order valence-corrected chi connectivity index (χ3v) is 5.24. The molecule has 27 heavy (non-hydrogen) atoms. The number of para-hydroxylation sites is 1. The molecule has 1 saturated heterocycles. The molecule has 0 aliphatic carbocycles. The van der Waals surface area contributed by atoms with Crippen molar-refractivity contribution in [3.63, 3.8) is 0 Å². The Morgan fingerprint density at radius 2 is 1.59 bits per heavy atom. The van der Waals surface area contributed by atoms with E-state index in [1.54, 1.807) is 0 Å². The van der Waals surface area contributed by atoms with E-state index in [1.165, 1.54) is 29.5 Å². The van der Waals surface area contributed by atoms with Crippen molar-refractivity contribution < 1.29 is 0 Å². The summed E-state index contributed by atoms with van der Waals surface area (Å²) in [4.78, 5) is 7.46. The number of rotatable bonds is 3. The lowest BCUT2D eigenvalue weighted by Gasteiger charge is -2.37. The number of benzene rings is 2. The maximum absolute atomic E-state index is 4.93. The first kappa shape index (κ1) is 18.0. The van der Waals surface area contributed by atoms with Crippen LogP contribution in [0.1, 0.15) is 33.6 Å². The Labute approximate surface area is 162 Å². The third kappa shape index (κ3) is 4.14. The van der Waals surface area contributed by atoms with Gasteiger partial charge in [0.2, 0.25) is 0 Å². The Morgan fingerprint density at radius 3 is 2.30 bits per heavy atom. The summed E-state index contributed by atoms with van der Waals surface area (Å²) in [5.74, 6) is 0. The normalized spacial score (nSPS) is 16.0. The second-order valence-electron chi connectivity index (χ2n) is 8.57. The average Bonchev–Trinajstić information content (AvgIpc) is 2.67. The molecule has 2 aromatic carbocycles. The summed E-state index contributed by atoms with van der Waals surface area (Å²) in [5, 5.41) is 5.01. The molecule has 1 N–H and O–H groups in total. The van der Waals surface area contributed by atoms with Crippen molar-refractivity contribution >= 4 is 16.6 Å². The van der Waals surface area contributed by atoms with E-state index >= 15 is 0 Å². The average molecular weight is 360 g/mol. The standard InChI is InChI=1S/C24H29N3/c1-24(2,3)26-19-13-15-27(16-14-19)23-17-22(18-9-5-4-6-10-18)25-21-12-8-7-11-20(21)23/h4-12,17,19,26H,13-16H2,1-3H3. The Hall–Kier alpha value is -2.39. The molecule has 0 amide bonds. The van der Waals surface area contributed by atoms with Crippen LogP contribution in [0.25, 0.3) is 22.2 Å². The second kappa shape index (κ2) is 7.32. The first-order valence-electron chi connectivity index (χ1n) is 9.97. The van der Waals surface area contributed by atoms with Gasteiger partial charge in [-0.1, -0.05) is 48.5 Å². The lowest BCUT2D eigenvalue weighted by atomic mass is 9.98. The first-order chi connectivity index (χ1) is 13.0. The zero-order valence-corrected chi connectivity index (χ0v) is 16.6. The second-order valence-corrected chi connectivity index (χ2v) is 8.57. The molecule has 0 spiro atoms. The molecule has 1 aromatic heterocycles. The topological polar surface area (TPSA) is 28.2 Å². The first-order valence-corrected chi connectivity index (χ1v) is 9.97. The van der Waals surface area contributed by atoms with Crippen LogP contribution in [0.2, 0.25) is 0 Å². The van der Waals surface area contributed by atoms with E-state index in [9.17, 15) is 0 Å². The molecule has 0 radical (unpaired) electrons. The van der Waals surface area contributed by atoms with Crippen LogP contribution in [-0.2, 0) is 0 Å². The van der Waals surface area contributed by atoms with Crippen molar-refractivity contribution in [3.05, 3.63) is 60.7 Å². The molecule has 1 fully saturated rings. The van der Waals surface area contributed by atoms with E-state index in [2.05, 4.69) is 91.7 Å². The molecule has 3 nitrogen and oxygen atoms in total. The Bertz CT molecular complexity index is 904. The monoisotopic (exact) mass is 359 g/mol. The molecule has 140 valence electrons. The number of nitrogens with zero attached hydrogens (tertiary/aromatic N) is 2. The minimum Gasteiger partial charge on any atom is -0.371 e. The summed E-state index contributed by atoms with van der Waals surface area (Å²) in [7, 11) is 0. The lowest BCUT2D eigenvalue weighted by molar-refractivity contribution is 0.317. The van der Waals surface area contributed by atoms with E-state index in [4.69, 9.17) is 4.98 Å². The minimum absolute atomic E-state index is 0.177. The number of hydrogen-bond acceptors (Lipinski definition) is 3. The van der Waals surface area contributed by atoms with Gasteiger partial charge in [-0.05, 0) is 45.7 Å². The molecule has 0 saturated carbocycles. The number of pyridine rings is 1. The van der Waals surface area contributed by atoms with Gasteiger partial charge in [-0.2, -0.15) is 0 Å². The fraction of sp³-hybridized carbons (Fsp3) is 0.375. The molecular weight excluding hydrogens is 330 g/mol. The van der Waals surface area contributed by atoms with Crippen molar-refractivity contribution in [2.24, 2.45) is 0 Å². The molecule has 4 rings (SSSR count). The highest BCUT2D eigenvalue weighted by molar-refractivity contribution is 5.94. The maximum atomic E-state index is 4.93. The quantitative estimate of drug-likeness (QED) is 0.691. The largest absolute Gasteiger partial charge is 0.371 e. The fourth-order valence-electron chi connectivity index (χ4n) is 4.05. The van der Waals surface area contributed by atoms with Gasteiger partial charge in [0.05, 0.1) is 11.2 Å². The van der Waals surface area contributed by atoms with Crippen molar-refractivity contribution in [2.45, 2.75) is 45.2 Å². The van der Waals surface area contributed by atoms with Crippen molar-refractivity contribution in [1.82, 2.24) is 10.3 Å². The molecule has 3 aromatic rings.